The number of aromatic nitrogens is 4. The van der Waals surface area contributed by atoms with Crippen molar-refractivity contribution in [3.63, 3.8) is 0 Å². The molecule has 0 aliphatic carbocycles. The number of ether oxygens (including phenoxy) is 1. The van der Waals surface area contributed by atoms with E-state index in [4.69, 9.17) is 10.5 Å². The average molecular weight is 558 g/mol. The fourth-order valence-electron chi connectivity index (χ4n) is 4.27. The first kappa shape index (κ1) is 28.8. The summed E-state index contributed by atoms with van der Waals surface area (Å²) >= 11 is 0. The second kappa shape index (κ2) is 13.3. The molecule has 2 aromatic heterocycles. The molecule has 1 unspecified atom stereocenters. The summed E-state index contributed by atoms with van der Waals surface area (Å²) in [6.07, 6.45) is -1.39. The standard InChI is InChI=1S/C29H31N7O5/c1-3-36-23(17-19(2)34-36)27(39)33-28-32-26-21(24(37)13-14-25(30)38)11-7-12-22(26)35(28)16-8-15-31-29(40)41-18-20-9-5-4-6-10-20/h4-7,9-12,17,24,37H,3,8,15-16,18H2,1-2H3,(H2,30,38)(H,31,40)(H,32,33,39). The quantitative estimate of drug-likeness (QED) is 0.172. The highest BCUT2D eigenvalue weighted by Crippen LogP contribution is 2.27. The number of hydrogen-bond acceptors (Lipinski definition) is 7. The molecule has 1 atom stereocenters. The molecule has 2 heterocycles. The lowest BCUT2D eigenvalue weighted by Crippen LogP contribution is -2.26. The van der Waals surface area contributed by atoms with Gasteiger partial charge in [0.15, 0.2) is 0 Å². The summed E-state index contributed by atoms with van der Waals surface area (Å²) < 4.78 is 8.63. The average Bonchev–Trinajstić information content (AvgIpc) is 3.52. The molecule has 4 rings (SSSR count). The number of anilines is 1. The summed E-state index contributed by atoms with van der Waals surface area (Å²) in [4.78, 5) is 41.1. The first-order valence-electron chi connectivity index (χ1n) is 13.0. The van der Waals surface area contributed by atoms with Crippen LogP contribution in [0.25, 0.3) is 11.0 Å². The Labute approximate surface area is 236 Å². The van der Waals surface area contributed by atoms with Gasteiger partial charge in [-0.3, -0.25) is 19.6 Å². The van der Waals surface area contributed by atoms with E-state index in [-0.39, 0.29) is 12.6 Å². The number of rotatable bonds is 10. The lowest BCUT2D eigenvalue weighted by Gasteiger charge is -2.12. The topological polar surface area (TPSA) is 166 Å². The van der Waals surface area contributed by atoms with E-state index in [0.717, 1.165) is 5.56 Å². The van der Waals surface area contributed by atoms with Gasteiger partial charge in [0.25, 0.3) is 11.8 Å². The summed E-state index contributed by atoms with van der Waals surface area (Å²) in [5.41, 5.74) is 8.41. The molecule has 0 fully saturated rings. The maximum absolute atomic E-state index is 13.2. The fourth-order valence-corrected chi connectivity index (χ4v) is 4.27. The molecule has 0 saturated carbocycles. The monoisotopic (exact) mass is 557 g/mol. The van der Waals surface area contributed by atoms with Gasteiger partial charge in [-0.15, -0.1) is 0 Å². The van der Waals surface area contributed by atoms with Crippen molar-refractivity contribution in [2.75, 3.05) is 11.9 Å². The molecule has 0 bridgehead atoms. The van der Waals surface area contributed by atoms with Gasteiger partial charge < -0.3 is 25.5 Å². The van der Waals surface area contributed by atoms with Crippen LogP contribution in [0.15, 0.2) is 54.6 Å². The zero-order valence-corrected chi connectivity index (χ0v) is 22.8. The Balaban J connectivity index is 1.54. The number of alkyl carbamates (subject to hydrolysis) is 1. The predicted octanol–water partition coefficient (Wildman–Crippen LogP) is 2.65. The third kappa shape index (κ3) is 7.28. The van der Waals surface area contributed by atoms with Gasteiger partial charge in [-0.05, 0) is 43.9 Å². The summed E-state index contributed by atoms with van der Waals surface area (Å²) in [7, 11) is 0. The minimum absolute atomic E-state index is 0.159. The van der Waals surface area contributed by atoms with Crippen LogP contribution in [-0.2, 0) is 29.2 Å². The van der Waals surface area contributed by atoms with Crippen molar-refractivity contribution in [1.82, 2.24) is 24.6 Å². The minimum atomic E-state index is -1.33. The van der Waals surface area contributed by atoms with E-state index in [9.17, 15) is 19.5 Å². The molecular formula is C29H31N7O5. The van der Waals surface area contributed by atoms with Crippen LogP contribution in [0.3, 0.4) is 0 Å². The Hall–Kier alpha value is -5.15. The number of nitrogens with two attached hydrogens (primary N) is 1. The van der Waals surface area contributed by atoms with Crippen LogP contribution >= 0.6 is 0 Å². The molecule has 12 heteroatoms. The number of benzene rings is 2. The molecule has 12 nitrogen and oxygen atoms in total. The van der Waals surface area contributed by atoms with E-state index in [1.165, 1.54) is 0 Å². The van der Waals surface area contributed by atoms with Crippen LogP contribution in [-0.4, -0.2) is 48.9 Å². The van der Waals surface area contributed by atoms with Crippen molar-refractivity contribution in [3.8, 4) is 11.8 Å². The molecule has 0 saturated heterocycles. The lowest BCUT2D eigenvalue weighted by atomic mass is 10.1. The maximum Gasteiger partial charge on any atom is 0.407 e. The maximum atomic E-state index is 13.2. The number of aryl methyl sites for hydroxylation is 3. The second-order valence-corrected chi connectivity index (χ2v) is 9.12. The number of nitrogens with zero attached hydrogens (tertiary/aromatic N) is 4. The Kier molecular flexibility index (Phi) is 9.34. The van der Waals surface area contributed by atoms with Gasteiger partial charge in [-0.2, -0.15) is 5.10 Å². The van der Waals surface area contributed by atoms with Gasteiger partial charge >= 0.3 is 6.09 Å². The normalized spacial score (nSPS) is 11.4. The summed E-state index contributed by atoms with van der Waals surface area (Å²) in [5, 5.41) is 20.5. The molecule has 0 spiro atoms. The number of hydrogen-bond donors (Lipinski definition) is 4. The molecular weight excluding hydrogens is 526 g/mol. The third-order valence-corrected chi connectivity index (χ3v) is 6.14. The second-order valence-electron chi connectivity index (χ2n) is 9.12. The van der Waals surface area contributed by atoms with Crippen LogP contribution in [0.2, 0.25) is 0 Å². The minimum Gasteiger partial charge on any atom is -0.445 e. The van der Waals surface area contributed by atoms with Gasteiger partial charge in [0.05, 0.1) is 16.7 Å². The molecule has 0 radical (unpaired) electrons. The number of aliphatic hydroxyl groups excluding tert-OH is 1. The number of amides is 3. The number of primary amides is 1. The number of carbonyl (C=O) groups is 3. The van der Waals surface area contributed by atoms with Gasteiger partial charge in [0.1, 0.15) is 18.4 Å². The van der Waals surface area contributed by atoms with E-state index in [0.29, 0.717) is 54.0 Å². The predicted molar refractivity (Wildman–Crippen MR) is 152 cm³/mol. The Bertz CT molecular complexity index is 1610. The SMILES string of the molecule is CCn1nc(C)cc1C(=O)Nc1nc2c(C(O)C#CC(N)=O)cccc2n1CCCNC(=O)OCc1ccccc1. The van der Waals surface area contributed by atoms with E-state index in [1.54, 1.807) is 40.4 Å². The Morgan fingerprint density at radius 3 is 2.66 bits per heavy atom. The molecule has 41 heavy (non-hydrogen) atoms. The third-order valence-electron chi connectivity index (χ3n) is 6.14. The molecule has 0 aliphatic rings. The van der Waals surface area contributed by atoms with Crippen LogP contribution in [0.4, 0.5) is 10.7 Å². The Morgan fingerprint density at radius 2 is 1.93 bits per heavy atom. The van der Waals surface area contributed by atoms with Gasteiger partial charge in [-0.1, -0.05) is 48.4 Å². The number of fused-ring (bicyclic) bond motifs is 1. The van der Waals surface area contributed by atoms with Crippen molar-refractivity contribution < 1.29 is 24.2 Å². The molecule has 3 amide bonds. The molecule has 212 valence electrons. The summed E-state index contributed by atoms with van der Waals surface area (Å²) in [5.74, 6) is 3.53. The molecule has 2 aromatic carbocycles. The van der Waals surface area contributed by atoms with E-state index >= 15 is 0 Å². The molecule has 4 aromatic rings. The molecule has 0 aliphatic heterocycles. The van der Waals surface area contributed by atoms with Gasteiger partial charge in [0, 0.05) is 25.2 Å². The van der Waals surface area contributed by atoms with Gasteiger partial charge in [-0.25, -0.2) is 9.78 Å². The fraction of sp³-hybridized carbons (Fsp3) is 0.276. The number of imidazole rings is 1. The van der Waals surface area contributed by atoms with Crippen LogP contribution in [0, 0.1) is 18.8 Å². The number of aliphatic hydroxyl groups is 1. The Morgan fingerprint density at radius 1 is 1.15 bits per heavy atom. The van der Waals surface area contributed by atoms with Crippen molar-refractivity contribution in [1.29, 1.82) is 0 Å². The van der Waals surface area contributed by atoms with Crippen LogP contribution < -0.4 is 16.4 Å². The first-order chi connectivity index (χ1) is 19.8. The summed E-state index contributed by atoms with van der Waals surface area (Å²) in [6, 6.07) is 16.2. The molecule has 5 N–H and O–H groups in total. The van der Waals surface area contributed by atoms with Crippen molar-refractivity contribution in [2.45, 2.75) is 46.1 Å². The highest BCUT2D eigenvalue weighted by Gasteiger charge is 2.21. The number of nitrogens with one attached hydrogen (secondary N) is 2. The van der Waals surface area contributed by atoms with E-state index < -0.39 is 24.0 Å². The highest BCUT2D eigenvalue weighted by atomic mass is 16.5. The highest BCUT2D eigenvalue weighted by molar-refractivity contribution is 6.03. The summed E-state index contributed by atoms with van der Waals surface area (Å²) in [6.45, 7) is 5.02. The zero-order valence-electron chi connectivity index (χ0n) is 22.8. The van der Waals surface area contributed by atoms with Crippen LogP contribution in [0.1, 0.15) is 46.8 Å². The van der Waals surface area contributed by atoms with Crippen molar-refractivity contribution >= 4 is 34.9 Å². The smallest absolute Gasteiger partial charge is 0.407 e. The van der Waals surface area contributed by atoms with Crippen molar-refractivity contribution in [2.24, 2.45) is 5.73 Å². The van der Waals surface area contributed by atoms with Gasteiger partial charge in [0.2, 0.25) is 5.95 Å². The number of carbonyl (C=O) groups excluding carboxylic acids is 3. The van der Waals surface area contributed by atoms with E-state index in [2.05, 4.69) is 32.6 Å². The number of para-hydroxylation sites is 1. The van der Waals surface area contributed by atoms with E-state index in [1.807, 2.05) is 37.3 Å². The largest absolute Gasteiger partial charge is 0.445 e. The first-order valence-corrected chi connectivity index (χ1v) is 13.0. The lowest BCUT2D eigenvalue weighted by molar-refractivity contribution is -0.112. The van der Waals surface area contributed by atoms with Crippen molar-refractivity contribution in [3.05, 3.63) is 77.1 Å². The zero-order chi connectivity index (χ0) is 29.4. The van der Waals surface area contributed by atoms with Crippen LogP contribution in [0.5, 0.6) is 0 Å².